The van der Waals surface area contributed by atoms with Crippen molar-refractivity contribution in [2.45, 2.75) is 11.1 Å². The van der Waals surface area contributed by atoms with Crippen LogP contribution < -0.4 is 5.32 Å². The highest BCUT2D eigenvalue weighted by Crippen LogP contribution is 2.31. The smallest absolute Gasteiger partial charge is 0.325 e. The van der Waals surface area contributed by atoms with Gasteiger partial charge in [0.1, 0.15) is 0 Å². The minimum absolute atomic E-state index is 0.115. The summed E-state index contributed by atoms with van der Waals surface area (Å²) in [5, 5.41) is 4.63. The second kappa shape index (κ2) is 7.19. The summed E-state index contributed by atoms with van der Waals surface area (Å²) in [7, 11) is 0. The van der Waals surface area contributed by atoms with E-state index < -0.39 is 11.7 Å². The quantitative estimate of drug-likeness (QED) is 0.614. The van der Waals surface area contributed by atoms with E-state index in [-0.39, 0.29) is 17.3 Å². The number of carbonyl (C=O) groups excluding carboxylic acids is 1. The van der Waals surface area contributed by atoms with Crippen LogP contribution in [0.2, 0.25) is 0 Å². The molecule has 1 N–H and O–H groups in total. The fourth-order valence-electron chi connectivity index (χ4n) is 2.44. The highest BCUT2D eigenvalue weighted by molar-refractivity contribution is 8.00. The highest BCUT2D eigenvalue weighted by Gasteiger charge is 2.30. The maximum absolute atomic E-state index is 12.7. The first-order valence-corrected chi connectivity index (χ1v) is 8.50. The molecule has 0 atom stereocenters. The van der Waals surface area contributed by atoms with Crippen molar-refractivity contribution in [3.8, 4) is 0 Å². The summed E-state index contributed by atoms with van der Waals surface area (Å²) in [6, 6.07) is 18.3. The number of rotatable bonds is 4. The Morgan fingerprint density at radius 3 is 2.48 bits per heavy atom. The number of hydrogen-bond acceptors (Lipinski definition) is 2. The largest absolute Gasteiger partial charge is 0.416 e. The van der Waals surface area contributed by atoms with Gasteiger partial charge in [0.05, 0.1) is 11.3 Å². The van der Waals surface area contributed by atoms with Crippen LogP contribution in [0.1, 0.15) is 5.56 Å². The van der Waals surface area contributed by atoms with Crippen molar-refractivity contribution in [3.63, 3.8) is 0 Å². The molecular formula is C19H14F3NOS. The number of amides is 1. The van der Waals surface area contributed by atoms with Gasteiger partial charge < -0.3 is 5.32 Å². The van der Waals surface area contributed by atoms with Crippen molar-refractivity contribution in [1.82, 2.24) is 0 Å². The topological polar surface area (TPSA) is 29.1 Å². The van der Waals surface area contributed by atoms with Crippen molar-refractivity contribution in [2.75, 3.05) is 11.1 Å². The van der Waals surface area contributed by atoms with Crippen LogP contribution in [-0.2, 0) is 11.0 Å². The van der Waals surface area contributed by atoms with Crippen molar-refractivity contribution in [2.24, 2.45) is 0 Å². The first kappa shape index (κ1) is 17.4. The molecule has 25 heavy (non-hydrogen) atoms. The van der Waals surface area contributed by atoms with Gasteiger partial charge >= 0.3 is 6.18 Å². The number of benzene rings is 3. The van der Waals surface area contributed by atoms with Crippen molar-refractivity contribution >= 4 is 34.1 Å². The predicted octanol–water partition coefficient (Wildman–Crippen LogP) is 5.59. The fourth-order valence-corrected chi connectivity index (χ4v) is 3.31. The molecular weight excluding hydrogens is 347 g/mol. The summed E-state index contributed by atoms with van der Waals surface area (Å²) >= 11 is 1.35. The van der Waals surface area contributed by atoms with E-state index in [0.29, 0.717) is 0 Å². The second-order valence-corrected chi connectivity index (χ2v) is 6.41. The van der Waals surface area contributed by atoms with Crippen LogP contribution in [0.3, 0.4) is 0 Å². The molecule has 2 nitrogen and oxygen atoms in total. The SMILES string of the molecule is O=C(CSc1cccc2ccccc12)Nc1cccc(C(F)(F)F)c1. The third kappa shape index (κ3) is 4.33. The Morgan fingerprint density at radius 1 is 0.960 bits per heavy atom. The molecule has 0 aromatic heterocycles. The van der Waals surface area contributed by atoms with Crippen LogP contribution >= 0.6 is 11.8 Å². The molecule has 6 heteroatoms. The standard InChI is InChI=1S/C19H14F3NOS/c20-19(21,22)14-7-4-8-15(11-14)23-18(24)12-25-17-10-3-6-13-5-1-2-9-16(13)17/h1-11H,12H2,(H,23,24). The summed E-state index contributed by atoms with van der Waals surface area (Å²) < 4.78 is 38.1. The Bertz CT molecular complexity index is 903. The molecule has 0 heterocycles. The molecule has 0 aliphatic heterocycles. The van der Waals surface area contributed by atoms with E-state index in [9.17, 15) is 18.0 Å². The molecule has 0 saturated heterocycles. The van der Waals surface area contributed by atoms with Crippen LogP contribution in [0.4, 0.5) is 18.9 Å². The van der Waals surface area contributed by atoms with E-state index in [2.05, 4.69) is 5.32 Å². The molecule has 0 fully saturated rings. The third-order valence-electron chi connectivity index (χ3n) is 3.58. The van der Waals surface area contributed by atoms with Gasteiger partial charge in [-0.15, -0.1) is 11.8 Å². The number of hydrogen-bond donors (Lipinski definition) is 1. The summed E-state index contributed by atoms with van der Waals surface area (Å²) in [4.78, 5) is 13.0. The summed E-state index contributed by atoms with van der Waals surface area (Å²) in [5.41, 5.74) is -0.648. The molecule has 0 bridgehead atoms. The molecule has 0 saturated carbocycles. The van der Waals surface area contributed by atoms with Crippen LogP contribution in [-0.4, -0.2) is 11.7 Å². The maximum Gasteiger partial charge on any atom is 0.416 e. The Hall–Kier alpha value is -2.47. The van der Waals surface area contributed by atoms with Gasteiger partial charge in [0.15, 0.2) is 0 Å². The summed E-state index contributed by atoms with van der Waals surface area (Å²) in [6.45, 7) is 0. The molecule has 0 aliphatic rings. The number of thioether (sulfide) groups is 1. The van der Waals surface area contributed by atoms with Gasteiger partial charge in [0.2, 0.25) is 5.91 Å². The number of halogens is 3. The lowest BCUT2D eigenvalue weighted by molar-refractivity contribution is -0.137. The Morgan fingerprint density at radius 2 is 1.68 bits per heavy atom. The number of nitrogens with one attached hydrogen (secondary N) is 1. The van der Waals surface area contributed by atoms with Crippen LogP contribution in [0.25, 0.3) is 10.8 Å². The predicted molar refractivity (Wildman–Crippen MR) is 94.7 cm³/mol. The van der Waals surface area contributed by atoms with Gasteiger partial charge in [-0.25, -0.2) is 0 Å². The highest BCUT2D eigenvalue weighted by atomic mass is 32.2. The Balaban J connectivity index is 1.67. The van der Waals surface area contributed by atoms with Crippen LogP contribution in [0.5, 0.6) is 0 Å². The van der Waals surface area contributed by atoms with Crippen LogP contribution in [0, 0.1) is 0 Å². The van der Waals surface area contributed by atoms with Crippen molar-refractivity contribution in [1.29, 1.82) is 0 Å². The Labute approximate surface area is 147 Å². The summed E-state index contributed by atoms with van der Waals surface area (Å²) in [6.07, 6.45) is -4.43. The molecule has 0 aliphatic carbocycles. The molecule has 0 spiro atoms. The van der Waals surface area contributed by atoms with Gasteiger partial charge in [-0.1, -0.05) is 42.5 Å². The maximum atomic E-state index is 12.7. The normalized spacial score (nSPS) is 11.5. The number of alkyl halides is 3. The number of carbonyl (C=O) groups is 1. The first-order valence-electron chi connectivity index (χ1n) is 7.51. The van der Waals surface area contributed by atoms with E-state index in [0.717, 1.165) is 27.8 Å². The lowest BCUT2D eigenvalue weighted by Gasteiger charge is -2.10. The summed E-state index contributed by atoms with van der Waals surface area (Å²) in [5.74, 6) is -0.234. The molecule has 3 aromatic rings. The van der Waals surface area contributed by atoms with Gasteiger partial charge in [0, 0.05) is 10.6 Å². The van der Waals surface area contributed by atoms with E-state index >= 15 is 0 Å². The average Bonchev–Trinajstić information content (AvgIpc) is 2.59. The second-order valence-electron chi connectivity index (χ2n) is 5.39. The van der Waals surface area contributed by atoms with Gasteiger partial charge in [-0.3, -0.25) is 4.79 Å². The zero-order chi connectivity index (χ0) is 17.9. The van der Waals surface area contributed by atoms with Gasteiger partial charge in [-0.2, -0.15) is 13.2 Å². The molecule has 0 radical (unpaired) electrons. The zero-order valence-electron chi connectivity index (χ0n) is 13.0. The molecule has 3 aromatic carbocycles. The van der Waals surface area contributed by atoms with Gasteiger partial charge in [0.25, 0.3) is 0 Å². The molecule has 1 amide bonds. The molecule has 0 unspecified atom stereocenters. The van der Waals surface area contributed by atoms with E-state index in [4.69, 9.17) is 0 Å². The number of fused-ring (bicyclic) bond motifs is 1. The fraction of sp³-hybridized carbons (Fsp3) is 0.105. The first-order chi connectivity index (χ1) is 11.9. The Kier molecular flexibility index (Phi) is 4.99. The van der Waals surface area contributed by atoms with E-state index in [1.807, 2.05) is 42.5 Å². The lowest BCUT2D eigenvalue weighted by atomic mass is 10.1. The minimum atomic E-state index is -4.43. The van der Waals surface area contributed by atoms with Gasteiger partial charge in [-0.05, 0) is 35.0 Å². The van der Waals surface area contributed by atoms with E-state index in [1.54, 1.807) is 0 Å². The molecule has 3 rings (SSSR count). The monoisotopic (exact) mass is 361 g/mol. The van der Waals surface area contributed by atoms with Crippen LogP contribution in [0.15, 0.2) is 71.6 Å². The number of anilines is 1. The lowest BCUT2D eigenvalue weighted by Crippen LogP contribution is -2.15. The van der Waals surface area contributed by atoms with E-state index in [1.165, 1.54) is 23.9 Å². The molecule has 128 valence electrons. The zero-order valence-corrected chi connectivity index (χ0v) is 13.8. The average molecular weight is 361 g/mol. The third-order valence-corrected chi connectivity index (χ3v) is 4.66. The van der Waals surface area contributed by atoms with Crippen molar-refractivity contribution in [3.05, 3.63) is 72.3 Å². The minimum Gasteiger partial charge on any atom is -0.325 e. The van der Waals surface area contributed by atoms with Crippen molar-refractivity contribution < 1.29 is 18.0 Å².